The van der Waals surface area contributed by atoms with Gasteiger partial charge in [0, 0.05) is 26.2 Å². The highest BCUT2D eigenvalue weighted by atomic mass is 32.1. The number of thiophene rings is 1. The van der Waals surface area contributed by atoms with Crippen LogP contribution in [0.1, 0.15) is 22.5 Å². The Kier molecular flexibility index (Phi) is 4.37. The van der Waals surface area contributed by atoms with E-state index in [1.807, 2.05) is 29.5 Å². The van der Waals surface area contributed by atoms with Gasteiger partial charge in [-0.05, 0) is 31.3 Å². The van der Waals surface area contributed by atoms with Gasteiger partial charge in [0.05, 0.1) is 10.9 Å². The van der Waals surface area contributed by atoms with Crippen molar-refractivity contribution in [2.75, 3.05) is 39.8 Å². The SMILES string of the molecule is CN1CCN(CC#N)C(=O)C12CCN(C(=O)c1cccs1)CC2. The summed E-state index contributed by atoms with van der Waals surface area (Å²) in [5.74, 6) is 0.0886. The predicted molar refractivity (Wildman–Crippen MR) is 87.0 cm³/mol. The normalized spacial score (nSPS) is 21.5. The molecule has 7 heteroatoms. The van der Waals surface area contributed by atoms with Gasteiger partial charge < -0.3 is 9.80 Å². The van der Waals surface area contributed by atoms with E-state index in [0.29, 0.717) is 32.5 Å². The van der Waals surface area contributed by atoms with Crippen LogP contribution < -0.4 is 0 Å². The third-order valence-electron chi connectivity index (χ3n) is 4.99. The first-order valence-electron chi connectivity index (χ1n) is 7.79. The van der Waals surface area contributed by atoms with E-state index in [9.17, 15) is 9.59 Å². The molecule has 0 unspecified atom stereocenters. The van der Waals surface area contributed by atoms with Gasteiger partial charge in [0.2, 0.25) is 5.91 Å². The maximum Gasteiger partial charge on any atom is 0.263 e. The van der Waals surface area contributed by atoms with E-state index in [-0.39, 0.29) is 18.4 Å². The molecule has 3 rings (SSSR count). The van der Waals surface area contributed by atoms with Crippen LogP contribution in [0.15, 0.2) is 17.5 Å². The summed E-state index contributed by atoms with van der Waals surface area (Å²) in [7, 11) is 1.97. The minimum Gasteiger partial charge on any atom is -0.338 e. The fraction of sp³-hybridized carbons (Fsp3) is 0.562. The Morgan fingerprint density at radius 2 is 2.09 bits per heavy atom. The van der Waals surface area contributed by atoms with Crippen molar-refractivity contribution in [3.8, 4) is 6.07 Å². The van der Waals surface area contributed by atoms with E-state index in [2.05, 4.69) is 11.0 Å². The van der Waals surface area contributed by atoms with Crippen molar-refractivity contribution >= 4 is 23.2 Å². The lowest BCUT2D eigenvalue weighted by Gasteiger charge is -2.51. The molecule has 2 fully saturated rings. The molecule has 0 atom stereocenters. The molecule has 2 saturated heterocycles. The molecule has 0 bridgehead atoms. The third kappa shape index (κ3) is 2.73. The highest BCUT2D eigenvalue weighted by Crippen LogP contribution is 2.33. The number of hydrogen-bond donors (Lipinski definition) is 0. The topological polar surface area (TPSA) is 67.7 Å². The van der Waals surface area contributed by atoms with Crippen LogP contribution in [0.4, 0.5) is 0 Å². The number of carbonyl (C=O) groups excluding carboxylic acids is 2. The molecular formula is C16H20N4O2S. The summed E-state index contributed by atoms with van der Waals surface area (Å²) in [5.41, 5.74) is -0.554. The molecule has 0 N–H and O–H groups in total. The molecule has 3 heterocycles. The number of rotatable bonds is 2. The Balaban J connectivity index is 1.72. The summed E-state index contributed by atoms with van der Waals surface area (Å²) in [5, 5.41) is 10.8. The number of piperidine rings is 1. The third-order valence-corrected chi connectivity index (χ3v) is 5.85. The lowest BCUT2D eigenvalue weighted by molar-refractivity contribution is -0.152. The van der Waals surface area contributed by atoms with Gasteiger partial charge in [-0.1, -0.05) is 6.07 Å². The fourth-order valence-electron chi connectivity index (χ4n) is 3.51. The van der Waals surface area contributed by atoms with E-state index in [1.54, 1.807) is 4.90 Å². The Morgan fingerprint density at radius 3 is 2.70 bits per heavy atom. The number of amides is 2. The highest BCUT2D eigenvalue weighted by molar-refractivity contribution is 7.12. The average molecular weight is 332 g/mol. The summed E-state index contributed by atoms with van der Waals surface area (Å²) in [6.07, 6.45) is 1.25. The Hall–Kier alpha value is -1.91. The second-order valence-electron chi connectivity index (χ2n) is 6.11. The molecule has 0 aromatic carbocycles. The second kappa shape index (κ2) is 6.30. The lowest BCUT2D eigenvalue weighted by Crippen LogP contribution is -2.67. The minimum atomic E-state index is -0.554. The van der Waals surface area contributed by atoms with Gasteiger partial charge in [0.25, 0.3) is 5.91 Å². The van der Waals surface area contributed by atoms with Crippen molar-refractivity contribution in [1.29, 1.82) is 5.26 Å². The van der Waals surface area contributed by atoms with Crippen molar-refractivity contribution in [1.82, 2.24) is 14.7 Å². The van der Waals surface area contributed by atoms with E-state index in [1.165, 1.54) is 11.3 Å². The largest absolute Gasteiger partial charge is 0.338 e. The summed E-state index contributed by atoms with van der Waals surface area (Å²) in [6, 6.07) is 5.79. The monoisotopic (exact) mass is 332 g/mol. The van der Waals surface area contributed by atoms with Crippen molar-refractivity contribution in [3.63, 3.8) is 0 Å². The Labute approximate surface area is 139 Å². The van der Waals surface area contributed by atoms with Crippen LogP contribution in [0.3, 0.4) is 0 Å². The van der Waals surface area contributed by atoms with Crippen LogP contribution in [-0.4, -0.2) is 71.8 Å². The van der Waals surface area contributed by atoms with E-state index in [0.717, 1.165) is 11.4 Å². The second-order valence-corrected chi connectivity index (χ2v) is 7.06. The molecule has 2 amide bonds. The van der Waals surface area contributed by atoms with Crippen LogP contribution >= 0.6 is 11.3 Å². The van der Waals surface area contributed by atoms with E-state index >= 15 is 0 Å². The molecule has 2 aliphatic rings. The van der Waals surface area contributed by atoms with Crippen LogP contribution in [0.2, 0.25) is 0 Å². The molecule has 122 valence electrons. The molecule has 1 spiro atoms. The molecule has 0 saturated carbocycles. The van der Waals surface area contributed by atoms with Gasteiger partial charge >= 0.3 is 0 Å². The van der Waals surface area contributed by atoms with E-state index < -0.39 is 5.54 Å². The van der Waals surface area contributed by atoms with Gasteiger partial charge in [-0.15, -0.1) is 11.3 Å². The standard InChI is InChI=1S/C16H20N4O2S/c1-18-10-11-20(9-6-17)15(22)16(18)4-7-19(8-5-16)14(21)13-3-2-12-23-13/h2-3,12H,4-5,7-11H2,1H3. The predicted octanol–water partition coefficient (Wildman–Crippen LogP) is 1.02. The van der Waals surface area contributed by atoms with Crippen LogP contribution in [0.5, 0.6) is 0 Å². The quantitative estimate of drug-likeness (QED) is 0.759. The highest BCUT2D eigenvalue weighted by Gasteiger charge is 2.49. The number of likely N-dealkylation sites (tertiary alicyclic amines) is 1. The van der Waals surface area contributed by atoms with E-state index in [4.69, 9.17) is 5.26 Å². The zero-order chi connectivity index (χ0) is 16.4. The number of likely N-dealkylation sites (N-methyl/N-ethyl adjacent to an activating group) is 1. The van der Waals surface area contributed by atoms with Gasteiger partial charge in [-0.25, -0.2) is 0 Å². The van der Waals surface area contributed by atoms with Gasteiger partial charge in [-0.2, -0.15) is 5.26 Å². The molecular weight excluding hydrogens is 312 g/mol. The first-order valence-corrected chi connectivity index (χ1v) is 8.67. The molecule has 0 radical (unpaired) electrons. The first kappa shape index (κ1) is 16.0. The summed E-state index contributed by atoms with van der Waals surface area (Å²) in [4.78, 5) is 31.6. The van der Waals surface area contributed by atoms with Crippen molar-refractivity contribution in [2.45, 2.75) is 18.4 Å². The molecule has 23 heavy (non-hydrogen) atoms. The van der Waals surface area contributed by atoms with Crippen LogP contribution in [0.25, 0.3) is 0 Å². The molecule has 6 nitrogen and oxygen atoms in total. The van der Waals surface area contributed by atoms with Crippen molar-refractivity contribution in [3.05, 3.63) is 22.4 Å². The maximum absolute atomic E-state index is 12.8. The molecule has 1 aromatic heterocycles. The number of hydrogen-bond acceptors (Lipinski definition) is 5. The summed E-state index contributed by atoms with van der Waals surface area (Å²) < 4.78 is 0. The summed E-state index contributed by atoms with van der Waals surface area (Å²) >= 11 is 1.45. The smallest absolute Gasteiger partial charge is 0.263 e. The van der Waals surface area contributed by atoms with Gasteiger partial charge in [-0.3, -0.25) is 14.5 Å². The van der Waals surface area contributed by atoms with Crippen molar-refractivity contribution < 1.29 is 9.59 Å². The zero-order valence-electron chi connectivity index (χ0n) is 13.2. The Morgan fingerprint density at radius 1 is 1.35 bits per heavy atom. The molecule has 1 aromatic rings. The fourth-order valence-corrected chi connectivity index (χ4v) is 4.20. The zero-order valence-corrected chi connectivity index (χ0v) is 14.0. The maximum atomic E-state index is 12.8. The number of piperazine rings is 1. The molecule has 0 aliphatic carbocycles. The van der Waals surface area contributed by atoms with Gasteiger partial charge in [0.1, 0.15) is 12.1 Å². The number of nitriles is 1. The molecule has 2 aliphatic heterocycles. The Bertz CT molecular complexity index is 629. The lowest BCUT2D eigenvalue weighted by atomic mass is 9.82. The minimum absolute atomic E-state index is 0.0380. The van der Waals surface area contributed by atoms with Gasteiger partial charge in [0.15, 0.2) is 0 Å². The van der Waals surface area contributed by atoms with Crippen molar-refractivity contribution in [2.24, 2.45) is 0 Å². The van der Waals surface area contributed by atoms with Crippen LogP contribution in [-0.2, 0) is 4.79 Å². The number of nitrogens with zero attached hydrogens (tertiary/aromatic N) is 4. The average Bonchev–Trinajstić information content (AvgIpc) is 3.10. The van der Waals surface area contributed by atoms with Crippen LogP contribution in [0, 0.1) is 11.3 Å². The number of carbonyl (C=O) groups is 2. The first-order chi connectivity index (χ1) is 11.1. The summed E-state index contributed by atoms with van der Waals surface area (Å²) in [6.45, 7) is 2.67.